The van der Waals surface area contributed by atoms with Gasteiger partial charge in [-0.25, -0.2) is 0 Å². The number of carbonyl (C=O) groups is 2. The molecule has 1 aromatic heterocycles. The first kappa shape index (κ1) is 35.6. The lowest BCUT2D eigenvalue weighted by atomic mass is 9.81. The number of pyridine rings is 1. The Kier molecular flexibility index (Phi) is 13.3. The van der Waals surface area contributed by atoms with E-state index >= 15 is 0 Å². The van der Waals surface area contributed by atoms with E-state index in [0.29, 0.717) is 38.9 Å². The second-order valence-electron chi connectivity index (χ2n) is 12.4. The second kappa shape index (κ2) is 17.6. The van der Waals surface area contributed by atoms with E-state index in [9.17, 15) is 14.7 Å². The van der Waals surface area contributed by atoms with Crippen molar-refractivity contribution >= 4 is 17.5 Å². The van der Waals surface area contributed by atoms with Crippen molar-refractivity contribution in [3.8, 4) is 5.75 Å². The first-order valence-electron chi connectivity index (χ1n) is 16.5. The van der Waals surface area contributed by atoms with Gasteiger partial charge in [-0.1, -0.05) is 80.6 Å². The third-order valence-electron chi connectivity index (χ3n) is 8.52. The van der Waals surface area contributed by atoms with E-state index in [-0.39, 0.29) is 30.2 Å². The average Bonchev–Trinajstić information content (AvgIpc) is 3.07. The van der Waals surface area contributed by atoms with Crippen LogP contribution in [0.4, 0.5) is 0 Å². The van der Waals surface area contributed by atoms with E-state index in [4.69, 9.17) is 19.3 Å². The Balaban J connectivity index is 1.50. The van der Waals surface area contributed by atoms with Crippen molar-refractivity contribution in [2.45, 2.75) is 83.5 Å². The van der Waals surface area contributed by atoms with Gasteiger partial charge in [0.15, 0.2) is 6.29 Å². The van der Waals surface area contributed by atoms with Gasteiger partial charge in [0.1, 0.15) is 5.75 Å². The summed E-state index contributed by atoms with van der Waals surface area (Å²) >= 11 is 0. The first-order valence-corrected chi connectivity index (χ1v) is 16.5. The van der Waals surface area contributed by atoms with Gasteiger partial charge in [-0.2, -0.15) is 0 Å². The van der Waals surface area contributed by atoms with E-state index in [1.807, 2.05) is 42.6 Å². The van der Waals surface area contributed by atoms with E-state index in [0.717, 1.165) is 40.7 Å². The largest absolute Gasteiger partial charge is 0.508 e. The Morgan fingerprint density at radius 2 is 1.77 bits per heavy atom. The number of nitrogens with zero attached hydrogens (tertiary/aromatic N) is 1. The van der Waals surface area contributed by atoms with Crippen LogP contribution in [0.25, 0.3) is 5.57 Å². The lowest BCUT2D eigenvalue weighted by Crippen LogP contribution is -2.45. The molecule has 2 aromatic carbocycles. The normalized spacial score (nSPS) is 18.7. The van der Waals surface area contributed by atoms with Crippen molar-refractivity contribution < 1.29 is 34.0 Å². The Hall–Kier alpha value is -4.27. The van der Waals surface area contributed by atoms with Crippen molar-refractivity contribution in [3.05, 3.63) is 114 Å². The van der Waals surface area contributed by atoms with E-state index < -0.39 is 17.7 Å². The number of ether oxygens (including phenoxy) is 3. The summed E-state index contributed by atoms with van der Waals surface area (Å²) in [7, 11) is 0. The smallest absolute Gasteiger partial charge is 0.306 e. The molecule has 4 rings (SSSR count). The zero-order chi connectivity index (χ0) is 33.6. The van der Waals surface area contributed by atoms with Crippen LogP contribution in [0.3, 0.4) is 0 Å². The number of carbonyl (C=O) groups excluding carboxylic acids is 1. The summed E-state index contributed by atoms with van der Waals surface area (Å²) in [6, 6.07) is 19.6. The third kappa shape index (κ3) is 10.1. The molecule has 47 heavy (non-hydrogen) atoms. The molecule has 0 radical (unpaired) electrons. The molecule has 3 atom stereocenters. The molecule has 2 N–H and O–H groups in total. The number of para-hydroxylation sites is 1. The Bertz CT molecular complexity index is 1500. The maximum atomic E-state index is 11.7. The monoisotopic (exact) mass is 641 g/mol. The van der Waals surface area contributed by atoms with Gasteiger partial charge in [-0.3, -0.25) is 14.6 Å². The SMILES string of the molecule is CCOC(=O)CC/C=C\C[C@@H]1CO[C@H](C(C)(C)c2ccc(/C(=C\CCCCC(=O)O)c3cccnc3)cc2)O[C@@H]1c1ccccc1O. The molecular weight excluding hydrogens is 594 g/mol. The maximum absolute atomic E-state index is 11.7. The van der Waals surface area contributed by atoms with Gasteiger partial charge in [0.2, 0.25) is 0 Å². The summed E-state index contributed by atoms with van der Waals surface area (Å²) in [5.41, 5.74) is 4.36. The number of hydrogen-bond acceptors (Lipinski definition) is 7. The minimum Gasteiger partial charge on any atom is -0.508 e. The fourth-order valence-electron chi connectivity index (χ4n) is 5.84. The highest BCUT2D eigenvalue weighted by Crippen LogP contribution is 2.43. The van der Waals surface area contributed by atoms with Gasteiger partial charge in [0.25, 0.3) is 0 Å². The number of aromatic hydroxyl groups is 1. The van der Waals surface area contributed by atoms with Crippen molar-refractivity contribution in [1.82, 2.24) is 4.98 Å². The standard InChI is InChI=1S/C39H47NO7/c1-4-45-36(44)20-10-5-7-14-30-27-46-38(47-37(30)33-17-11-12-18-34(33)41)39(2,3)31-23-21-28(22-24-31)32(29-15-13-25-40-26-29)16-8-6-9-19-35(42)43/h5,7,11-13,15-18,21-26,30,37-38,41H,4,6,8-10,14,19-20,27H2,1-3H3,(H,42,43)/b7-5-,32-16+/t30-,37+,38+/m1/s1. The highest BCUT2D eigenvalue weighted by atomic mass is 16.7. The van der Waals surface area contributed by atoms with Crippen molar-refractivity contribution in [2.75, 3.05) is 13.2 Å². The number of phenolic OH excluding ortho intramolecular Hbond substituents is 1. The zero-order valence-electron chi connectivity index (χ0n) is 27.6. The highest BCUT2D eigenvalue weighted by molar-refractivity contribution is 5.79. The minimum absolute atomic E-state index is 0.0285. The van der Waals surface area contributed by atoms with Crippen LogP contribution in [0.2, 0.25) is 0 Å². The molecule has 0 unspecified atom stereocenters. The molecule has 0 aliphatic carbocycles. The molecule has 3 aromatic rings. The number of hydrogen-bond donors (Lipinski definition) is 2. The number of carboxylic acid groups (broad SMARTS) is 1. The van der Waals surface area contributed by atoms with Crippen LogP contribution in [-0.4, -0.2) is 46.6 Å². The van der Waals surface area contributed by atoms with Crippen molar-refractivity contribution in [2.24, 2.45) is 5.92 Å². The minimum atomic E-state index is -0.771. The molecule has 0 spiro atoms. The zero-order valence-corrected chi connectivity index (χ0v) is 27.6. The Labute approximate surface area is 278 Å². The third-order valence-corrected chi connectivity index (χ3v) is 8.52. The van der Waals surface area contributed by atoms with Gasteiger partial charge in [-0.15, -0.1) is 0 Å². The fraction of sp³-hybridized carbons (Fsp3) is 0.410. The van der Waals surface area contributed by atoms with Crippen LogP contribution >= 0.6 is 0 Å². The molecule has 2 heterocycles. The van der Waals surface area contributed by atoms with Gasteiger partial charge < -0.3 is 24.4 Å². The average molecular weight is 642 g/mol. The van der Waals surface area contributed by atoms with Gasteiger partial charge >= 0.3 is 11.9 Å². The molecule has 0 bridgehead atoms. The van der Waals surface area contributed by atoms with Crippen LogP contribution in [0.1, 0.15) is 94.1 Å². The lowest BCUT2D eigenvalue weighted by molar-refractivity contribution is -0.262. The fourth-order valence-corrected chi connectivity index (χ4v) is 5.84. The second-order valence-corrected chi connectivity index (χ2v) is 12.4. The number of allylic oxidation sites excluding steroid dienone is 3. The molecule has 1 aliphatic heterocycles. The van der Waals surface area contributed by atoms with Crippen LogP contribution < -0.4 is 0 Å². The van der Waals surface area contributed by atoms with Gasteiger partial charge in [-0.05, 0) is 67.9 Å². The van der Waals surface area contributed by atoms with Crippen LogP contribution in [0.5, 0.6) is 5.75 Å². The number of aliphatic carboxylic acids is 1. The number of rotatable bonds is 16. The number of esters is 1. The predicted molar refractivity (Wildman–Crippen MR) is 182 cm³/mol. The van der Waals surface area contributed by atoms with Crippen LogP contribution in [0, 0.1) is 5.92 Å². The quantitative estimate of drug-likeness (QED) is 0.0915. The maximum Gasteiger partial charge on any atom is 0.306 e. The van der Waals surface area contributed by atoms with Crippen LogP contribution in [0.15, 0.2) is 91.3 Å². The first-order chi connectivity index (χ1) is 22.7. The highest BCUT2D eigenvalue weighted by Gasteiger charge is 2.42. The summed E-state index contributed by atoms with van der Waals surface area (Å²) in [5.74, 6) is -0.815. The molecule has 8 nitrogen and oxygen atoms in total. The summed E-state index contributed by atoms with van der Waals surface area (Å²) in [4.78, 5) is 26.9. The topological polar surface area (TPSA) is 115 Å². The number of phenols is 1. The van der Waals surface area contributed by atoms with Gasteiger partial charge in [0.05, 0.1) is 19.3 Å². The lowest BCUT2D eigenvalue weighted by Gasteiger charge is -2.43. The molecular formula is C39H47NO7. The Morgan fingerprint density at radius 1 is 0.979 bits per heavy atom. The molecule has 0 saturated carbocycles. The van der Waals surface area contributed by atoms with E-state index in [1.54, 1.807) is 25.3 Å². The summed E-state index contributed by atoms with van der Waals surface area (Å²) in [6.07, 6.45) is 12.8. The summed E-state index contributed by atoms with van der Waals surface area (Å²) in [6.45, 7) is 6.83. The van der Waals surface area contributed by atoms with Crippen LogP contribution in [-0.2, 0) is 29.2 Å². The molecule has 1 aliphatic rings. The number of carboxylic acids is 1. The molecule has 1 saturated heterocycles. The van der Waals surface area contributed by atoms with Crippen molar-refractivity contribution in [3.63, 3.8) is 0 Å². The summed E-state index contributed by atoms with van der Waals surface area (Å²) in [5, 5.41) is 19.7. The number of aromatic nitrogens is 1. The molecule has 0 amide bonds. The number of unbranched alkanes of at least 4 members (excludes halogenated alkanes) is 2. The van der Waals surface area contributed by atoms with Crippen molar-refractivity contribution in [1.29, 1.82) is 0 Å². The van der Waals surface area contributed by atoms with E-state index in [1.165, 1.54) is 0 Å². The summed E-state index contributed by atoms with van der Waals surface area (Å²) < 4.78 is 18.1. The number of benzene rings is 2. The molecule has 1 fully saturated rings. The van der Waals surface area contributed by atoms with E-state index in [2.05, 4.69) is 49.2 Å². The Morgan fingerprint density at radius 3 is 2.47 bits per heavy atom. The van der Waals surface area contributed by atoms with Gasteiger partial charge in [0, 0.05) is 47.7 Å². The predicted octanol–water partition coefficient (Wildman–Crippen LogP) is 8.16. The molecule has 250 valence electrons. The molecule has 8 heteroatoms.